The van der Waals surface area contributed by atoms with Gasteiger partial charge in [0, 0.05) is 23.6 Å². The van der Waals surface area contributed by atoms with Gasteiger partial charge in [0.2, 0.25) is 5.91 Å². The van der Waals surface area contributed by atoms with E-state index in [2.05, 4.69) is 17.2 Å². The molecule has 2 saturated heterocycles. The number of ketones is 1. The van der Waals surface area contributed by atoms with Crippen molar-refractivity contribution in [3.8, 4) is 5.69 Å². The summed E-state index contributed by atoms with van der Waals surface area (Å²) in [6, 6.07) is 5.33. The number of alkyl halides is 1. The maximum atomic E-state index is 14.6. The van der Waals surface area contributed by atoms with E-state index in [1.54, 1.807) is 41.5 Å². The quantitative estimate of drug-likeness (QED) is 0.727. The summed E-state index contributed by atoms with van der Waals surface area (Å²) >= 11 is 0. The van der Waals surface area contributed by atoms with Gasteiger partial charge in [0.25, 0.3) is 5.91 Å². The number of hydrogen-bond donors (Lipinski definition) is 1. The van der Waals surface area contributed by atoms with Crippen LogP contribution in [0.3, 0.4) is 0 Å². The minimum absolute atomic E-state index is 0.0704. The minimum Gasteiger partial charge on any atom is -0.365 e. The smallest absolute Gasteiger partial charge is 0.252 e. The first kappa shape index (κ1) is 22.7. The molecule has 1 aromatic heterocycles. The van der Waals surface area contributed by atoms with Gasteiger partial charge in [-0.25, -0.2) is 9.37 Å². The number of halogens is 1. The Labute approximate surface area is 197 Å². The predicted molar refractivity (Wildman–Crippen MR) is 121 cm³/mol. The molecule has 8 nitrogen and oxygen atoms in total. The Bertz CT molecular complexity index is 1070. The molecule has 4 atom stereocenters. The fourth-order valence-corrected chi connectivity index (χ4v) is 5.45. The third-order valence-electron chi connectivity index (χ3n) is 7.40. The number of amides is 2. The SMILES string of the molecule is CC1CCC(C(NC(=O)c2cccc(-n3ccnc3)c2)C(=O)N2C[C@H](F)[C@H]3OCC(=O)[C@H]32)CC1. The van der Waals surface area contributed by atoms with Gasteiger partial charge in [0.15, 0.2) is 5.78 Å². The van der Waals surface area contributed by atoms with Gasteiger partial charge in [-0.05, 0) is 42.9 Å². The van der Waals surface area contributed by atoms with Gasteiger partial charge in [-0.2, -0.15) is 0 Å². The van der Waals surface area contributed by atoms with Crippen LogP contribution in [0, 0.1) is 11.8 Å². The van der Waals surface area contributed by atoms with Crippen LogP contribution in [0.25, 0.3) is 5.69 Å². The van der Waals surface area contributed by atoms with Gasteiger partial charge in [0.05, 0.1) is 12.9 Å². The minimum atomic E-state index is -1.41. The molecule has 3 fully saturated rings. The fraction of sp³-hybridized carbons (Fsp3) is 0.520. The topological polar surface area (TPSA) is 93.5 Å². The molecule has 3 aliphatic rings. The van der Waals surface area contributed by atoms with Crippen molar-refractivity contribution in [2.24, 2.45) is 11.8 Å². The second-order valence-corrected chi connectivity index (χ2v) is 9.68. The number of nitrogens with zero attached hydrogens (tertiary/aromatic N) is 3. The molecule has 180 valence electrons. The van der Waals surface area contributed by atoms with Crippen molar-refractivity contribution in [2.45, 2.75) is 57.0 Å². The molecule has 9 heteroatoms. The fourth-order valence-electron chi connectivity index (χ4n) is 5.45. The second kappa shape index (κ2) is 9.29. The molecule has 34 heavy (non-hydrogen) atoms. The number of nitrogens with one attached hydrogen (secondary N) is 1. The zero-order valence-corrected chi connectivity index (χ0v) is 19.1. The highest BCUT2D eigenvalue weighted by molar-refractivity contribution is 5.99. The maximum absolute atomic E-state index is 14.6. The van der Waals surface area contributed by atoms with Crippen LogP contribution >= 0.6 is 0 Å². The molecule has 3 heterocycles. The van der Waals surface area contributed by atoms with Crippen molar-refractivity contribution in [3.05, 3.63) is 48.5 Å². The Morgan fingerprint density at radius 2 is 2.03 bits per heavy atom. The monoisotopic (exact) mass is 468 g/mol. The van der Waals surface area contributed by atoms with Crippen LogP contribution in [-0.2, 0) is 14.3 Å². The van der Waals surface area contributed by atoms with E-state index in [0.717, 1.165) is 31.4 Å². The lowest BCUT2D eigenvalue weighted by Crippen LogP contribution is -2.55. The average molecular weight is 469 g/mol. The van der Waals surface area contributed by atoms with Gasteiger partial charge < -0.3 is 19.5 Å². The number of carbonyl (C=O) groups is 3. The molecule has 1 saturated carbocycles. The first-order valence-corrected chi connectivity index (χ1v) is 11.9. The standard InChI is InChI=1S/C25H29FN4O4/c1-15-5-7-16(8-6-15)21(25(33)30-12-19(26)23-22(30)20(31)13-34-23)28-24(32)17-3-2-4-18(11-17)29-10-9-27-14-29/h2-4,9-11,14-16,19,21-23H,5-8,12-13H2,1H3,(H,28,32)/t15?,16?,19-,21?,22+,23+/m0/s1. The summed E-state index contributed by atoms with van der Waals surface area (Å²) < 4.78 is 21.7. The summed E-state index contributed by atoms with van der Waals surface area (Å²) in [5.74, 6) is -0.563. The number of hydrogen-bond acceptors (Lipinski definition) is 5. The Balaban J connectivity index is 1.39. The van der Waals surface area contributed by atoms with E-state index in [-0.39, 0.29) is 30.8 Å². The van der Waals surface area contributed by atoms with E-state index in [1.807, 2.05) is 6.07 Å². The van der Waals surface area contributed by atoms with E-state index in [9.17, 15) is 18.8 Å². The number of rotatable bonds is 5. The van der Waals surface area contributed by atoms with Gasteiger partial charge in [0.1, 0.15) is 31.0 Å². The molecule has 1 aliphatic carbocycles. The largest absolute Gasteiger partial charge is 0.365 e. The normalized spacial score (nSPS) is 29.6. The van der Waals surface area contributed by atoms with Crippen LogP contribution in [0.1, 0.15) is 43.0 Å². The Morgan fingerprint density at radius 1 is 1.24 bits per heavy atom. The zero-order chi connectivity index (χ0) is 23.8. The highest BCUT2D eigenvalue weighted by Crippen LogP contribution is 2.34. The summed E-state index contributed by atoms with van der Waals surface area (Å²) in [6.45, 7) is 1.81. The molecule has 0 radical (unpaired) electrons. The molecule has 0 spiro atoms. The third kappa shape index (κ3) is 4.24. The van der Waals surface area contributed by atoms with Crippen LogP contribution in [0.15, 0.2) is 43.0 Å². The van der Waals surface area contributed by atoms with Gasteiger partial charge in [-0.15, -0.1) is 0 Å². The summed E-state index contributed by atoms with van der Waals surface area (Å²) in [6.07, 6.45) is 6.26. The molecule has 2 aliphatic heterocycles. The highest BCUT2D eigenvalue weighted by atomic mass is 19.1. The molecule has 1 unspecified atom stereocenters. The summed E-state index contributed by atoms with van der Waals surface area (Å²) in [7, 11) is 0. The van der Waals surface area contributed by atoms with Crippen molar-refractivity contribution in [2.75, 3.05) is 13.2 Å². The number of benzene rings is 1. The number of Topliss-reactive ketones (excluding diaryl/α,β-unsaturated/α-hetero) is 1. The summed E-state index contributed by atoms with van der Waals surface area (Å²) in [5, 5.41) is 2.95. The Morgan fingerprint density at radius 3 is 2.76 bits per heavy atom. The van der Waals surface area contributed by atoms with Gasteiger partial charge >= 0.3 is 0 Å². The van der Waals surface area contributed by atoms with E-state index in [1.165, 1.54) is 4.90 Å². The Hall–Kier alpha value is -3.07. The predicted octanol–water partition coefficient (Wildman–Crippen LogP) is 2.31. The lowest BCUT2D eigenvalue weighted by molar-refractivity contribution is -0.139. The molecule has 5 rings (SSSR count). The third-order valence-corrected chi connectivity index (χ3v) is 7.40. The van der Waals surface area contributed by atoms with Crippen LogP contribution in [0.4, 0.5) is 4.39 Å². The zero-order valence-electron chi connectivity index (χ0n) is 19.1. The number of ether oxygens (including phenoxy) is 1. The highest BCUT2D eigenvalue weighted by Gasteiger charge is 2.54. The molecule has 0 bridgehead atoms. The van der Waals surface area contributed by atoms with Crippen molar-refractivity contribution < 1.29 is 23.5 Å². The van der Waals surface area contributed by atoms with Crippen LogP contribution < -0.4 is 5.32 Å². The van der Waals surface area contributed by atoms with Gasteiger partial charge in [-0.3, -0.25) is 14.4 Å². The van der Waals surface area contributed by atoms with Crippen molar-refractivity contribution >= 4 is 17.6 Å². The molecule has 1 N–H and O–H groups in total. The molecule has 2 amide bonds. The van der Waals surface area contributed by atoms with Crippen LogP contribution in [-0.4, -0.2) is 69.6 Å². The molecular weight excluding hydrogens is 439 g/mol. The number of imidazole rings is 1. The number of fused-ring (bicyclic) bond motifs is 1. The number of likely N-dealkylation sites (tertiary alicyclic amines) is 1. The van der Waals surface area contributed by atoms with E-state index in [4.69, 9.17) is 4.74 Å². The average Bonchev–Trinajstić information content (AvgIpc) is 3.58. The first-order chi connectivity index (χ1) is 16.4. The second-order valence-electron chi connectivity index (χ2n) is 9.68. The summed E-state index contributed by atoms with van der Waals surface area (Å²) in [4.78, 5) is 44.7. The van der Waals surface area contributed by atoms with Crippen molar-refractivity contribution in [1.29, 1.82) is 0 Å². The van der Waals surface area contributed by atoms with E-state index in [0.29, 0.717) is 11.5 Å². The van der Waals surface area contributed by atoms with Crippen molar-refractivity contribution in [1.82, 2.24) is 19.8 Å². The Kier molecular flexibility index (Phi) is 6.20. The summed E-state index contributed by atoms with van der Waals surface area (Å²) in [5.41, 5.74) is 1.19. The molecular formula is C25H29FN4O4. The van der Waals surface area contributed by atoms with Crippen LogP contribution in [0.5, 0.6) is 0 Å². The van der Waals surface area contributed by atoms with Crippen LogP contribution in [0.2, 0.25) is 0 Å². The van der Waals surface area contributed by atoms with Crippen molar-refractivity contribution in [3.63, 3.8) is 0 Å². The number of carbonyl (C=O) groups excluding carboxylic acids is 3. The molecule has 2 aromatic rings. The van der Waals surface area contributed by atoms with Gasteiger partial charge in [-0.1, -0.05) is 25.8 Å². The lowest BCUT2D eigenvalue weighted by atomic mass is 9.78. The first-order valence-electron chi connectivity index (χ1n) is 11.9. The van der Waals surface area contributed by atoms with E-state index < -0.39 is 30.3 Å². The molecule has 1 aromatic carbocycles. The number of aromatic nitrogens is 2. The van der Waals surface area contributed by atoms with E-state index >= 15 is 0 Å². The lowest BCUT2D eigenvalue weighted by Gasteiger charge is -2.35. The maximum Gasteiger partial charge on any atom is 0.252 e.